The first-order chi connectivity index (χ1) is 18.2. The minimum atomic E-state index is -1.54. The lowest BCUT2D eigenvalue weighted by Crippen LogP contribution is -2.48. The summed E-state index contributed by atoms with van der Waals surface area (Å²) in [7, 11) is 0. The minimum Gasteiger partial charge on any atom is -0.433 e. The lowest BCUT2D eigenvalue weighted by atomic mass is 9.81. The van der Waals surface area contributed by atoms with E-state index in [-0.39, 0.29) is 23.3 Å². The van der Waals surface area contributed by atoms with Crippen molar-refractivity contribution in [2.75, 3.05) is 13.1 Å². The van der Waals surface area contributed by atoms with Crippen LogP contribution in [0.5, 0.6) is 0 Å². The third-order valence-electron chi connectivity index (χ3n) is 7.88. The van der Waals surface area contributed by atoms with E-state index in [2.05, 4.69) is 10.2 Å². The maximum absolute atomic E-state index is 14.2. The standard InChI is InChI=1S/C27H29F3N4O4/c28-20-4-2-1-3-19(20)15-5-8-18(9-6-15)33-12-11-17(14-33)32-26(36)34-23(24(25(31)35)38-27(34)37)16-7-10-21(29)22(30)13-16/h1-4,7,10,13,15,17-18,23-24H,5-6,8-9,11-12,14H2,(H2,31,35)(H,32,36)/t15?,17-,18?,23+,24-/m1/s1. The number of carbonyl (C=O) groups excluding carboxylic acids is 3. The molecule has 0 aromatic heterocycles. The van der Waals surface area contributed by atoms with E-state index in [1.165, 1.54) is 12.1 Å². The van der Waals surface area contributed by atoms with E-state index >= 15 is 0 Å². The third-order valence-corrected chi connectivity index (χ3v) is 7.88. The predicted octanol–water partition coefficient (Wildman–Crippen LogP) is 3.96. The summed E-state index contributed by atoms with van der Waals surface area (Å²) in [6.07, 6.45) is 1.60. The van der Waals surface area contributed by atoms with Gasteiger partial charge < -0.3 is 15.8 Å². The maximum atomic E-state index is 14.2. The van der Waals surface area contributed by atoms with E-state index in [0.717, 1.165) is 49.9 Å². The molecule has 0 spiro atoms. The van der Waals surface area contributed by atoms with Gasteiger partial charge in [-0.05, 0) is 67.3 Å². The third kappa shape index (κ3) is 5.07. The van der Waals surface area contributed by atoms with E-state index in [4.69, 9.17) is 10.5 Å². The van der Waals surface area contributed by atoms with Crippen molar-refractivity contribution in [3.8, 4) is 0 Å². The second kappa shape index (κ2) is 10.6. The van der Waals surface area contributed by atoms with Crippen molar-refractivity contribution in [1.29, 1.82) is 0 Å². The molecule has 3 fully saturated rings. The second-order valence-electron chi connectivity index (χ2n) is 10.2. The van der Waals surface area contributed by atoms with Crippen LogP contribution in [0.3, 0.4) is 0 Å². The fraction of sp³-hybridized carbons (Fsp3) is 0.444. The molecule has 3 aliphatic rings. The molecule has 2 aromatic rings. The van der Waals surface area contributed by atoms with Crippen molar-refractivity contribution in [2.45, 2.75) is 62.3 Å². The molecule has 2 aromatic carbocycles. The lowest BCUT2D eigenvalue weighted by Gasteiger charge is -2.35. The Kier molecular flexibility index (Phi) is 7.29. The van der Waals surface area contributed by atoms with Gasteiger partial charge in [0.15, 0.2) is 11.6 Å². The van der Waals surface area contributed by atoms with E-state index in [1.807, 2.05) is 12.1 Å². The number of hydrogen-bond acceptors (Lipinski definition) is 5. The molecule has 202 valence electrons. The van der Waals surface area contributed by atoms with Crippen LogP contribution >= 0.6 is 0 Å². The Morgan fingerprint density at radius 1 is 0.947 bits per heavy atom. The van der Waals surface area contributed by atoms with Crippen molar-refractivity contribution >= 4 is 18.0 Å². The highest BCUT2D eigenvalue weighted by Crippen LogP contribution is 2.37. The Balaban J connectivity index is 1.21. The minimum absolute atomic E-state index is 0.00774. The molecule has 0 bridgehead atoms. The summed E-state index contributed by atoms with van der Waals surface area (Å²) in [5, 5.41) is 2.82. The topological polar surface area (TPSA) is 105 Å². The molecule has 2 saturated heterocycles. The zero-order valence-corrected chi connectivity index (χ0v) is 20.6. The SMILES string of the molecule is NC(=O)[C@@H]1OC(=O)N(C(=O)N[C@@H]2CCN(C3CCC(c4ccccc4F)CC3)C2)[C@H]1c1ccc(F)c(F)c1. The zero-order chi connectivity index (χ0) is 27.0. The average molecular weight is 531 g/mol. The van der Waals surface area contributed by atoms with Gasteiger partial charge in [0.05, 0.1) is 0 Å². The molecule has 1 aliphatic carbocycles. The first-order valence-corrected chi connectivity index (χ1v) is 12.8. The normalized spacial score (nSPS) is 27.8. The molecule has 2 heterocycles. The van der Waals surface area contributed by atoms with Crippen LogP contribution < -0.4 is 11.1 Å². The Morgan fingerprint density at radius 3 is 2.37 bits per heavy atom. The molecule has 3 N–H and O–H groups in total. The quantitative estimate of drug-likeness (QED) is 0.609. The molecule has 38 heavy (non-hydrogen) atoms. The molecule has 2 aliphatic heterocycles. The van der Waals surface area contributed by atoms with Crippen LogP contribution in [0.2, 0.25) is 0 Å². The van der Waals surface area contributed by atoms with E-state index in [9.17, 15) is 27.6 Å². The number of rotatable bonds is 5. The van der Waals surface area contributed by atoms with Gasteiger partial charge in [0.25, 0.3) is 5.91 Å². The highest BCUT2D eigenvalue weighted by atomic mass is 19.2. The van der Waals surface area contributed by atoms with Gasteiger partial charge in [-0.1, -0.05) is 24.3 Å². The van der Waals surface area contributed by atoms with Crippen molar-refractivity contribution in [3.63, 3.8) is 0 Å². The highest BCUT2D eigenvalue weighted by Gasteiger charge is 2.50. The van der Waals surface area contributed by atoms with Gasteiger partial charge in [0, 0.05) is 25.2 Å². The number of imide groups is 1. The van der Waals surface area contributed by atoms with Crippen molar-refractivity contribution < 1.29 is 32.3 Å². The summed E-state index contributed by atoms with van der Waals surface area (Å²) in [5.74, 6) is -3.29. The molecule has 4 amide bonds. The van der Waals surface area contributed by atoms with Gasteiger partial charge in [0.2, 0.25) is 6.10 Å². The number of nitrogens with one attached hydrogen (secondary N) is 1. The zero-order valence-electron chi connectivity index (χ0n) is 20.6. The van der Waals surface area contributed by atoms with Crippen LogP contribution in [0, 0.1) is 17.5 Å². The lowest BCUT2D eigenvalue weighted by molar-refractivity contribution is -0.125. The number of benzene rings is 2. The number of nitrogens with two attached hydrogens (primary N) is 1. The van der Waals surface area contributed by atoms with Gasteiger partial charge in [0.1, 0.15) is 11.9 Å². The summed E-state index contributed by atoms with van der Waals surface area (Å²) >= 11 is 0. The largest absolute Gasteiger partial charge is 0.433 e. The van der Waals surface area contributed by atoms with Gasteiger partial charge >= 0.3 is 12.1 Å². The fourth-order valence-electron chi connectivity index (χ4n) is 5.96. The fourth-order valence-corrected chi connectivity index (χ4v) is 5.96. The summed E-state index contributed by atoms with van der Waals surface area (Å²) in [6.45, 7) is 1.32. The van der Waals surface area contributed by atoms with E-state index in [0.29, 0.717) is 23.9 Å². The van der Waals surface area contributed by atoms with Crippen LogP contribution in [0.4, 0.5) is 22.8 Å². The first kappa shape index (κ1) is 26.0. The van der Waals surface area contributed by atoms with Crippen LogP contribution in [0.25, 0.3) is 0 Å². The van der Waals surface area contributed by atoms with Crippen LogP contribution in [0.1, 0.15) is 55.2 Å². The monoisotopic (exact) mass is 530 g/mol. The molecule has 8 nitrogen and oxygen atoms in total. The number of amides is 4. The van der Waals surface area contributed by atoms with Crippen molar-refractivity contribution in [1.82, 2.24) is 15.1 Å². The molecule has 3 atom stereocenters. The number of halogens is 3. The number of likely N-dealkylation sites (tertiary alicyclic amines) is 1. The van der Waals surface area contributed by atoms with Gasteiger partial charge in [-0.25, -0.2) is 27.7 Å². The molecule has 1 saturated carbocycles. The van der Waals surface area contributed by atoms with E-state index < -0.39 is 41.8 Å². The highest BCUT2D eigenvalue weighted by molar-refractivity contribution is 5.97. The molecular formula is C27H29F3N4O4. The summed E-state index contributed by atoms with van der Waals surface area (Å²) < 4.78 is 46.6. The predicted molar refractivity (Wildman–Crippen MR) is 130 cm³/mol. The number of hydrogen-bond donors (Lipinski definition) is 2. The van der Waals surface area contributed by atoms with Crippen molar-refractivity contribution in [3.05, 3.63) is 71.0 Å². The number of cyclic esters (lactones) is 1. The summed E-state index contributed by atoms with van der Waals surface area (Å²) in [6, 6.07) is 7.64. The van der Waals surface area contributed by atoms with Crippen molar-refractivity contribution in [2.24, 2.45) is 5.73 Å². The number of ether oxygens (including phenoxy) is 1. The van der Waals surface area contributed by atoms with Gasteiger partial charge in [-0.3, -0.25) is 9.69 Å². The van der Waals surface area contributed by atoms with E-state index in [1.54, 1.807) is 6.07 Å². The molecule has 0 radical (unpaired) electrons. The summed E-state index contributed by atoms with van der Waals surface area (Å²) in [5.41, 5.74) is 6.14. The van der Waals surface area contributed by atoms with Gasteiger partial charge in [-0.2, -0.15) is 0 Å². The smallest absolute Gasteiger partial charge is 0.419 e. The Morgan fingerprint density at radius 2 is 1.68 bits per heavy atom. The first-order valence-electron chi connectivity index (χ1n) is 12.8. The molecule has 5 rings (SSSR count). The summed E-state index contributed by atoms with van der Waals surface area (Å²) in [4.78, 5) is 40.7. The number of primary amides is 1. The molecule has 0 unspecified atom stereocenters. The Hall–Kier alpha value is -3.60. The average Bonchev–Trinajstić information content (AvgIpc) is 3.50. The number of carbonyl (C=O) groups is 3. The Bertz CT molecular complexity index is 1240. The maximum Gasteiger partial charge on any atom is 0.419 e. The number of urea groups is 1. The second-order valence-corrected chi connectivity index (χ2v) is 10.2. The molecule has 11 heteroatoms. The van der Waals surface area contributed by atoms with Crippen LogP contribution in [-0.2, 0) is 9.53 Å². The van der Waals surface area contributed by atoms with Gasteiger partial charge in [-0.15, -0.1) is 0 Å². The van der Waals surface area contributed by atoms with Crippen LogP contribution in [-0.4, -0.2) is 59.1 Å². The van der Waals surface area contributed by atoms with Crippen LogP contribution in [0.15, 0.2) is 42.5 Å². The molecular weight excluding hydrogens is 501 g/mol. The Labute approximate surface area is 217 Å². The number of nitrogens with zero attached hydrogens (tertiary/aromatic N) is 2.